The Morgan fingerprint density at radius 2 is 2.11 bits per heavy atom. The van der Waals surface area contributed by atoms with E-state index in [0.717, 1.165) is 35.3 Å². The highest BCUT2D eigenvalue weighted by atomic mass is 32.1. The third kappa shape index (κ3) is 3.99. The molecule has 1 saturated carbocycles. The Balaban J connectivity index is 1.79. The molecule has 0 radical (unpaired) electrons. The van der Waals surface area contributed by atoms with Gasteiger partial charge in [0.25, 0.3) is 0 Å². The predicted octanol–water partition coefficient (Wildman–Crippen LogP) is 4.54. The van der Waals surface area contributed by atoms with Crippen molar-refractivity contribution in [1.29, 1.82) is 0 Å². The van der Waals surface area contributed by atoms with Crippen LogP contribution in [-0.2, 0) is 0 Å². The molecule has 1 N–H and O–H groups in total. The van der Waals surface area contributed by atoms with Crippen molar-refractivity contribution < 1.29 is 9.84 Å². The smallest absolute Gasteiger partial charge is 0.174 e. The first-order valence-electron chi connectivity index (χ1n) is 7.20. The fourth-order valence-corrected chi connectivity index (χ4v) is 3.45. The van der Waals surface area contributed by atoms with E-state index in [4.69, 9.17) is 4.74 Å². The SMILES string of the molecule is CCC[C@@H](O)c1ccc(OCC2CCCCC2)s1. The van der Waals surface area contributed by atoms with Crippen LogP contribution in [0.2, 0.25) is 0 Å². The van der Waals surface area contributed by atoms with Gasteiger partial charge in [-0.05, 0) is 37.3 Å². The summed E-state index contributed by atoms with van der Waals surface area (Å²) in [7, 11) is 0. The summed E-state index contributed by atoms with van der Waals surface area (Å²) >= 11 is 1.60. The van der Waals surface area contributed by atoms with Crippen molar-refractivity contribution >= 4 is 11.3 Å². The Morgan fingerprint density at radius 1 is 1.33 bits per heavy atom. The summed E-state index contributed by atoms with van der Waals surface area (Å²) < 4.78 is 5.86. The Labute approximate surface area is 114 Å². The Kier molecular flexibility index (Phi) is 5.51. The molecule has 0 saturated heterocycles. The summed E-state index contributed by atoms with van der Waals surface area (Å²) in [5.41, 5.74) is 0. The molecule has 0 unspecified atom stereocenters. The lowest BCUT2D eigenvalue weighted by molar-refractivity contribution is 0.170. The zero-order chi connectivity index (χ0) is 12.8. The van der Waals surface area contributed by atoms with E-state index in [1.165, 1.54) is 32.1 Å². The maximum atomic E-state index is 9.91. The van der Waals surface area contributed by atoms with Crippen molar-refractivity contribution in [2.45, 2.75) is 58.0 Å². The third-order valence-electron chi connectivity index (χ3n) is 3.68. The topological polar surface area (TPSA) is 29.5 Å². The van der Waals surface area contributed by atoms with Crippen LogP contribution in [0.4, 0.5) is 0 Å². The lowest BCUT2D eigenvalue weighted by Crippen LogP contribution is -2.14. The van der Waals surface area contributed by atoms with Gasteiger partial charge in [-0.15, -0.1) is 11.3 Å². The van der Waals surface area contributed by atoms with Crippen LogP contribution in [0.3, 0.4) is 0 Å². The summed E-state index contributed by atoms with van der Waals surface area (Å²) in [6.07, 6.45) is 8.28. The van der Waals surface area contributed by atoms with Crippen molar-refractivity contribution in [3.05, 3.63) is 17.0 Å². The fourth-order valence-electron chi connectivity index (χ4n) is 2.56. The normalized spacial score (nSPS) is 18.8. The van der Waals surface area contributed by atoms with Gasteiger partial charge in [-0.3, -0.25) is 0 Å². The first kappa shape index (κ1) is 13.9. The van der Waals surface area contributed by atoms with E-state index >= 15 is 0 Å². The minimum atomic E-state index is -0.313. The quantitative estimate of drug-likeness (QED) is 0.820. The van der Waals surface area contributed by atoms with Gasteiger partial charge in [0.2, 0.25) is 0 Å². The number of aliphatic hydroxyl groups is 1. The van der Waals surface area contributed by atoms with Crippen molar-refractivity contribution in [2.75, 3.05) is 6.61 Å². The monoisotopic (exact) mass is 268 g/mol. The first-order chi connectivity index (χ1) is 8.79. The van der Waals surface area contributed by atoms with Crippen molar-refractivity contribution in [1.82, 2.24) is 0 Å². The Hall–Kier alpha value is -0.540. The molecule has 1 atom stereocenters. The van der Waals surface area contributed by atoms with Crippen molar-refractivity contribution in [3.8, 4) is 5.06 Å². The number of hydrogen-bond donors (Lipinski definition) is 1. The van der Waals surface area contributed by atoms with Gasteiger partial charge < -0.3 is 9.84 Å². The molecular weight excluding hydrogens is 244 g/mol. The van der Waals surface area contributed by atoms with Gasteiger partial charge in [0.1, 0.15) is 0 Å². The molecule has 1 aromatic rings. The molecule has 3 heteroatoms. The van der Waals surface area contributed by atoms with E-state index in [9.17, 15) is 5.11 Å². The molecule has 2 rings (SSSR count). The maximum Gasteiger partial charge on any atom is 0.174 e. The molecule has 1 heterocycles. The largest absolute Gasteiger partial charge is 0.484 e. The summed E-state index contributed by atoms with van der Waals surface area (Å²) in [5.74, 6) is 0.741. The number of aliphatic hydroxyl groups excluding tert-OH is 1. The predicted molar refractivity (Wildman–Crippen MR) is 76.3 cm³/mol. The van der Waals surface area contributed by atoms with Crippen LogP contribution in [0.5, 0.6) is 5.06 Å². The molecule has 0 aliphatic heterocycles. The van der Waals surface area contributed by atoms with Crippen LogP contribution < -0.4 is 4.74 Å². The highest BCUT2D eigenvalue weighted by Gasteiger charge is 2.15. The van der Waals surface area contributed by atoms with Crippen LogP contribution in [0, 0.1) is 5.92 Å². The van der Waals surface area contributed by atoms with Crippen LogP contribution in [0.1, 0.15) is 62.9 Å². The van der Waals surface area contributed by atoms with Crippen LogP contribution in [-0.4, -0.2) is 11.7 Å². The molecule has 102 valence electrons. The molecule has 0 amide bonds. The highest BCUT2D eigenvalue weighted by Crippen LogP contribution is 2.32. The van der Waals surface area contributed by atoms with Crippen LogP contribution >= 0.6 is 11.3 Å². The molecule has 0 spiro atoms. The zero-order valence-electron chi connectivity index (χ0n) is 11.2. The van der Waals surface area contributed by atoms with Gasteiger partial charge in [-0.1, -0.05) is 32.6 Å². The Morgan fingerprint density at radius 3 is 2.83 bits per heavy atom. The molecule has 1 aromatic heterocycles. The molecule has 1 aliphatic rings. The second kappa shape index (κ2) is 7.15. The molecule has 1 fully saturated rings. The van der Waals surface area contributed by atoms with E-state index in [2.05, 4.69) is 6.92 Å². The van der Waals surface area contributed by atoms with Crippen molar-refractivity contribution in [2.24, 2.45) is 5.92 Å². The van der Waals surface area contributed by atoms with Crippen LogP contribution in [0.15, 0.2) is 12.1 Å². The van der Waals surface area contributed by atoms with E-state index in [0.29, 0.717) is 0 Å². The van der Waals surface area contributed by atoms with Gasteiger partial charge in [0.05, 0.1) is 12.7 Å². The average Bonchev–Trinajstić information content (AvgIpc) is 2.87. The summed E-state index contributed by atoms with van der Waals surface area (Å²) in [4.78, 5) is 1.04. The van der Waals surface area contributed by atoms with E-state index in [1.54, 1.807) is 11.3 Å². The number of ether oxygens (including phenoxy) is 1. The van der Waals surface area contributed by atoms with Gasteiger partial charge in [-0.2, -0.15) is 0 Å². The minimum absolute atomic E-state index is 0.313. The fraction of sp³-hybridized carbons (Fsp3) is 0.733. The summed E-state index contributed by atoms with van der Waals surface area (Å²) in [5, 5.41) is 10.9. The molecule has 0 aromatic carbocycles. The second-order valence-corrected chi connectivity index (χ2v) is 6.35. The molecule has 0 bridgehead atoms. The standard InChI is InChI=1S/C15H24O2S/c1-2-6-13(16)14-9-10-15(18-14)17-11-12-7-4-3-5-8-12/h9-10,12-13,16H,2-8,11H2,1H3/t13-/m1/s1. The van der Waals surface area contributed by atoms with Gasteiger partial charge >= 0.3 is 0 Å². The highest BCUT2D eigenvalue weighted by molar-refractivity contribution is 7.13. The molecular formula is C15H24O2S. The van der Waals surface area contributed by atoms with Gasteiger partial charge in [-0.25, -0.2) is 0 Å². The summed E-state index contributed by atoms with van der Waals surface area (Å²) in [6.45, 7) is 2.95. The zero-order valence-corrected chi connectivity index (χ0v) is 12.0. The Bertz CT molecular complexity index is 342. The average molecular weight is 268 g/mol. The number of hydrogen-bond acceptors (Lipinski definition) is 3. The number of thiophene rings is 1. The van der Waals surface area contributed by atoms with Crippen LogP contribution in [0.25, 0.3) is 0 Å². The van der Waals surface area contributed by atoms with E-state index < -0.39 is 0 Å². The van der Waals surface area contributed by atoms with Crippen molar-refractivity contribution in [3.63, 3.8) is 0 Å². The van der Waals surface area contributed by atoms with Gasteiger partial charge in [0.15, 0.2) is 5.06 Å². The first-order valence-corrected chi connectivity index (χ1v) is 8.02. The minimum Gasteiger partial charge on any atom is -0.484 e. The summed E-state index contributed by atoms with van der Waals surface area (Å²) in [6, 6.07) is 4.00. The lowest BCUT2D eigenvalue weighted by atomic mass is 9.90. The number of rotatable bonds is 6. The van der Waals surface area contributed by atoms with Gasteiger partial charge in [0, 0.05) is 4.88 Å². The lowest BCUT2D eigenvalue weighted by Gasteiger charge is -2.21. The molecule has 2 nitrogen and oxygen atoms in total. The molecule has 1 aliphatic carbocycles. The molecule has 18 heavy (non-hydrogen) atoms. The van der Waals surface area contributed by atoms with E-state index in [1.807, 2.05) is 12.1 Å². The second-order valence-electron chi connectivity index (χ2n) is 5.28. The maximum absolute atomic E-state index is 9.91. The third-order valence-corrected chi connectivity index (χ3v) is 4.78. The van der Waals surface area contributed by atoms with E-state index in [-0.39, 0.29) is 6.10 Å².